The van der Waals surface area contributed by atoms with E-state index in [0.717, 1.165) is 42.8 Å². The van der Waals surface area contributed by atoms with Gasteiger partial charge in [-0.25, -0.2) is 9.97 Å². The number of hydrogen-bond acceptors (Lipinski definition) is 6. The van der Waals surface area contributed by atoms with Crippen molar-refractivity contribution in [2.75, 3.05) is 30.4 Å². The standard InChI is InChI=1S/C21H25ClN6/c1-14-8-16(25-9-15-10-26-21(22)27-11-15)13-28(12-14)19-6-5-18(23-2)20-17(19)4-3-7-24-20/h3-7,10-11,14,16,23,25H,8-9,12-13H2,1-2H3/t14-,16+/m0/s1. The second-order valence-electron chi connectivity index (χ2n) is 7.47. The summed E-state index contributed by atoms with van der Waals surface area (Å²) in [4.78, 5) is 15.2. The number of nitrogens with zero attached hydrogens (tertiary/aromatic N) is 4. The highest BCUT2D eigenvalue weighted by molar-refractivity contribution is 6.28. The molecule has 0 bridgehead atoms. The zero-order chi connectivity index (χ0) is 19.5. The Morgan fingerprint density at radius 3 is 2.75 bits per heavy atom. The van der Waals surface area contributed by atoms with Gasteiger partial charge in [-0.3, -0.25) is 4.98 Å². The first kappa shape index (κ1) is 18.9. The molecule has 7 heteroatoms. The predicted octanol–water partition coefficient (Wildman–Crippen LogP) is 3.72. The number of nitrogens with one attached hydrogen (secondary N) is 2. The Kier molecular flexibility index (Phi) is 5.59. The second-order valence-corrected chi connectivity index (χ2v) is 7.80. The molecule has 1 fully saturated rings. The predicted molar refractivity (Wildman–Crippen MR) is 115 cm³/mol. The molecule has 0 saturated carbocycles. The van der Waals surface area contributed by atoms with Crippen molar-refractivity contribution in [3.05, 3.63) is 53.7 Å². The average Bonchev–Trinajstić information content (AvgIpc) is 2.72. The van der Waals surface area contributed by atoms with Crippen LogP contribution in [0.1, 0.15) is 18.9 Å². The summed E-state index contributed by atoms with van der Waals surface area (Å²) in [5.41, 5.74) is 4.36. The van der Waals surface area contributed by atoms with Gasteiger partial charge in [0, 0.05) is 68.0 Å². The number of fused-ring (bicyclic) bond motifs is 1. The normalized spacial score (nSPS) is 19.8. The van der Waals surface area contributed by atoms with Gasteiger partial charge in [0.15, 0.2) is 0 Å². The van der Waals surface area contributed by atoms with Gasteiger partial charge in [0.2, 0.25) is 5.28 Å². The molecule has 146 valence electrons. The second kappa shape index (κ2) is 8.29. The number of benzene rings is 1. The molecule has 4 rings (SSSR count). The summed E-state index contributed by atoms with van der Waals surface area (Å²) >= 11 is 5.78. The molecule has 2 N–H and O–H groups in total. The van der Waals surface area contributed by atoms with Crippen LogP contribution in [-0.4, -0.2) is 41.1 Å². The van der Waals surface area contributed by atoms with E-state index in [2.05, 4.69) is 55.6 Å². The van der Waals surface area contributed by atoms with Crippen LogP contribution in [-0.2, 0) is 6.54 Å². The van der Waals surface area contributed by atoms with Crippen molar-refractivity contribution in [1.29, 1.82) is 0 Å². The number of aromatic nitrogens is 3. The molecule has 0 unspecified atom stereocenters. The van der Waals surface area contributed by atoms with Gasteiger partial charge >= 0.3 is 0 Å². The Morgan fingerprint density at radius 2 is 1.96 bits per heavy atom. The Morgan fingerprint density at radius 1 is 1.14 bits per heavy atom. The van der Waals surface area contributed by atoms with Crippen LogP contribution in [0.25, 0.3) is 10.9 Å². The van der Waals surface area contributed by atoms with Crippen LogP contribution in [0.4, 0.5) is 11.4 Å². The molecular formula is C21H25ClN6. The topological polar surface area (TPSA) is 66.0 Å². The number of halogens is 1. The molecule has 0 amide bonds. The molecule has 1 saturated heterocycles. The molecule has 1 aromatic carbocycles. The molecule has 3 heterocycles. The molecule has 1 aliphatic rings. The van der Waals surface area contributed by atoms with Crippen LogP contribution in [0, 0.1) is 5.92 Å². The van der Waals surface area contributed by atoms with E-state index in [0.29, 0.717) is 12.0 Å². The maximum Gasteiger partial charge on any atom is 0.222 e. The summed E-state index contributed by atoms with van der Waals surface area (Å²) in [6.07, 6.45) is 6.56. The van der Waals surface area contributed by atoms with E-state index in [9.17, 15) is 0 Å². The summed E-state index contributed by atoms with van der Waals surface area (Å²) in [5.74, 6) is 0.600. The molecule has 0 aliphatic carbocycles. The first-order valence-electron chi connectivity index (χ1n) is 9.64. The summed E-state index contributed by atoms with van der Waals surface area (Å²) in [7, 11) is 1.94. The molecule has 2 atom stereocenters. The monoisotopic (exact) mass is 396 g/mol. The van der Waals surface area contributed by atoms with Crippen molar-refractivity contribution in [3.8, 4) is 0 Å². The van der Waals surface area contributed by atoms with Crippen molar-refractivity contribution in [3.63, 3.8) is 0 Å². The Balaban J connectivity index is 1.53. The van der Waals surface area contributed by atoms with Crippen LogP contribution in [0.15, 0.2) is 42.9 Å². The van der Waals surface area contributed by atoms with Crippen LogP contribution >= 0.6 is 11.6 Å². The maximum atomic E-state index is 5.78. The SMILES string of the molecule is CNc1ccc(N2C[C@@H](C)C[C@@H](NCc3cnc(Cl)nc3)C2)c2cccnc12. The van der Waals surface area contributed by atoms with Crippen LogP contribution < -0.4 is 15.5 Å². The smallest absolute Gasteiger partial charge is 0.222 e. The van der Waals surface area contributed by atoms with Gasteiger partial charge in [0.25, 0.3) is 0 Å². The number of hydrogen-bond donors (Lipinski definition) is 2. The van der Waals surface area contributed by atoms with E-state index >= 15 is 0 Å². The third-order valence-electron chi connectivity index (χ3n) is 5.29. The van der Waals surface area contributed by atoms with Gasteiger partial charge in [-0.2, -0.15) is 0 Å². The van der Waals surface area contributed by atoms with Crippen LogP contribution in [0.2, 0.25) is 5.28 Å². The molecule has 2 aromatic heterocycles. The van der Waals surface area contributed by atoms with Gasteiger partial charge in [0.1, 0.15) is 0 Å². The minimum atomic E-state index is 0.284. The van der Waals surface area contributed by atoms with Gasteiger partial charge in [-0.1, -0.05) is 6.92 Å². The van der Waals surface area contributed by atoms with Gasteiger partial charge in [-0.15, -0.1) is 0 Å². The van der Waals surface area contributed by atoms with Crippen LogP contribution in [0.3, 0.4) is 0 Å². The highest BCUT2D eigenvalue weighted by Gasteiger charge is 2.26. The minimum absolute atomic E-state index is 0.284. The van der Waals surface area contributed by atoms with Crippen molar-refractivity contribution in [1.82, 2.24) is 20.3 Å². The zero-order valence-electron chi connectivity index (χ0n) is 16.2. The molecule has 6 nitrogen and oxygen atoms in total. The summed E-state index contributed by atoms with van der Waals surface area (Å²) in [6.45, 7) is 5.06. The largest absolute Gasteiger partial charge is 0.386 e. The zero-order valence-corrected chi connectivity index (χ0v) is 16.9. The lowest BCUT2D eigenvalue weighted by molar-refractivity contribution is 0.350. The number of pyridine rings is 1. The van der Waals surface area contributed by atoms with Gasteiger partial charge < -0.3 is 15.5 Å². The van der Waals surface area contributed by atoms with E-state index < -0.39 is 0 Å². The van der Waals surface area contributed by atoms with Gasteiger partial charge in [-0.05, 0) is 48.2 Å². The summed E-state index contributed by atoms with van der Waals surface area (Å²) in [6, 6.07) is 8.89. The first-order valence-corrected chi connectivity index (χ1v) is 10.0. The fourth-order valence-corrected chi connectivity index (χ4v) is 4.12. The number of anilines is 2. The van der Waals surface area contributed by atoms with Gasteiger partial charge in [0.05, 0.1) is 11.2 Å². The number of piperidine rings is 1. The molecular weight excluding hydrogens is 372 g/mol. The molecule has 28 heavy (non-hydrogen) atoms. The summed E-state index contributed by atoms with van der Waals surface area (Å²) in [5, 5.41) is 8.38. The quantitative estimate of drug-likeness (QED) is 0.641. The van der Waals surface area contributed by atoms with Crippen LogP contribution in [0.5, 0.6) is 0 Å². The third kappa shape index (κ3) is 4.03. The molecule has 3 aromatic rings. The third-order valence-corrected chi connectivity index (χ3v) is 5.48. The molecule has 0 radical (unpaired) electrons. The van der Waals surface area contributed by atoms with Crippen molar-refractivity contribution >= 4 is 33.9 Å². The summed E-state index contributed by atoms with van der Waals surface area (Å²) < 4.78 is 0. The Hall–Kier alpha value is -2.44. The minimum Gasteiger partial charge on any atom is -0.386 e. The lowest BCUT2D eigenvalue weighted by Gasteiger charge is -2.39. The highest BCUT2D eigenvalue weighted by atomic mass is 35.5. The molecule has 1 aliphatic heterocycles. The lowest BCUT2D eigenvalue weighted by Crippen LogP contribution is -2.48. The van der Waals surface area contributed by atoms with E-state index in [1.807, 2.05) is 19.3 Å². The average molecular weight is 397 g/mol. The van der Waals surface area contributed by atoms with Crippen molar-refractivity contribution < 1.29 is 0 Å². The van der Waals surface area contributed by atoms with E-state index in [-0.39, 0.29) is 5.28 Å². The Labute approximate surface area is 170 Å². The lowest BCUT2D eigenvalue weighted by atomic mass is 9.94. The number of rotatable bonds is 5. The van der Waals surface area contributed by atoms with E-state index in [1.54, 1.807) is 12.4 Å². The fraction of sp³-hybridized carbons (Fsp3) is 0.381. The van der Waals surface area contributed by atoms with E-state index in [1.165, 1.54) is 11.1 Å². The van der Waals surface area contributed by atoms with Crippen molar-refractivity contribution in [2.24, 2.45) is 5.92 Å². The first-order chi connectivity index (χ1) is 13.6. The fourth-order valence-electron chi connectivity index (χ4n) is 4.02. The highest BCUT2D eigenvalue weighted by Crippen LogP contribution is 2.33. The Bertz CT molecular complexity index is 945. The van der Waals surface area contributed by atoms with E-state index in [4.69, 9.17) is 11.6 Å². The van der Waals surface area contributed by atoms with Crippen molar-refractivity contribution in [2.45, 2.75) is 25.9 Å². The maximum absolute atomic E-state index is 5.78. The molecule has 0 spiro atoms.